The average Bonchev–Trinajstić information content (AvgIpc) is 3.02. The number of rotatable bonds is 6. The Hall–Kier alpha value is -2.67. The van der Waals surface area contributed by atoms with Gasteiger partial charge in [0.15, 0.2) is 0 Å². The van der Waals surface area contributed by atoms with E-state index in [1.165, 1.54) is 23.1 Å². The summed E-state index contributed by atoms with van der Waals surface area (Å²) in [5.74, 6) is -1.07. The Balaban J connectivity index is 1.63. The Morgan fingerprint density at radius 2 is 2.04 bits per heavy atom. The largest absolute Gasteiger partial charge is 0.435 e. The third-order valence-corrected chi connectivity index (χ3v) is 4.63. The molecule has 0 aliphatic carbocycles. The Labute approximate surface area is 159 Å². The molecule has 1 heterocycles. The predicted octanol–water partition coefficient (Wildman–Crippen LogP) is 3.61. The Morgan fingerprint density at radius 1 is 1.26 bits per heavy atom. The normalized spacial score (nSPS) is 16.7. The standard InChI is InChI=1S/C19H17ClF2N2O3/c20-16-7-2-1-4-12(16)10-23-18(26)13-8-17(25)24(11-13)14-5-3-6-15(9-14)27-19(21)22/h1-7,9,13,19H,8,10-11H2,(H,23,26). The van der Waals surface area contributed by atoms with E-state index in [2.05, 4.69) is 10.1 Å². The number of hydrogen-bond acceptors (Lipinski definition) is 3. The van der Waals surface area contributed by atoms with Gasteiger partial charge in [-0.25, -0.2) is 0 Å². The van der Waals surface area contributed by atoms with Gasteiger partial charge in [0.2, 0.25) is 11.8 Å². The van der Waals surface area contributed by atoms with Gasteiger partial charge in [-0.3, -0.25) is 9.59 Å². The third-order valence-electron chi connectivity index (χ3n) is 4.26. The van der Waals surface area contributed by atoms with Crippen molar-refractivity contribution < 1.29 is 23.1 Å². The summed E-state index contributed by atoms with van der Waals surface area (Å²) in [4.78, 5) is 26.1. The van der Waals surface area contributed by atoms with Crippen LogP contribution < -0.4 is 15.0 Å². The minimum atomic E-state index is -2.95. The number of nitrogens with one attached hydrogen (secondary N) is 1. The van der Waals surface area contributed by atoms with E-state index in [0.717, 1.165) is 5.56 Å². The fraction of sp³-hybridized carbons (Fsp3) is 0.263. The lowest BCUT2D eigenvalue weighted by atomic mass is 10.1. The number of ether oxygens (including phenoxy) is 1. The van der Waals surface area contributed by atoms with Crippen molar-refractivity contribution in [2.24, 2.45) is 5.92 Å². The number of carbonyl (C=O) groups excluding carboxylic acids is 2. The van der Waals surface area contributed by atoms with Crippen LogP contribution in [0, 0.1) is 5.92 Å². The van der Waals surface area contributed by atoms with E-state index in [1.54, 1.807) is 18.2 Å². The van der Waals surface area contributed by atoms with Gasteiger partial charge in [-0.05, 0) is 23.8 Å². The molecular weight excluding hydrogens is 378 g/mol. The van der Waals surface area contributed by atoms with Gasteiger partial charge in [-0.2, -0.15) is 8.78 Å². The summed E-state index contributed by atoms with van der Waals surface area (Å²) in [6, 6.07) is 13.0. The van der Waals surface area contributed by atoms with Gasteiger partial charge in [0.25, 0.3) is 0 Å². The summed E-state index contributed by atoms with van der Waals surface area (Å²) < 4.78 is 29.1. The molecule has 1 unspecified atom stereocenters. The van der Waals surface area contributed by atoms with Crippen LogP contribution in [0.2, 0.25) is 5.02 Å². The van der Waals surface area contributed by atoms with E-state index in [-0.39, 0.29) is 37.1 Å². The highest BCUT2D eigenvalue weighted by Gasteiger charge is 2.35. The van der Waals surface area contributed by atoms with Crippen LogP contribution in [0.3, 0.4) is 0 Å². The number of carbonyl (C=O) groups is 2. The van der Waals surface area contributed by atoms with Gasteiger partial charge >= 0.3 is 6.61 Å². The zero-order chi connectivity index (χ0) is 19.4. The van der Waals surface area contributed by atoms with Gasteiger partial charge < -0.3 is 15.0 Å². The highest BCUT2D eigenvalue weighted by Crippen LogP contribution is 2.28. The zero-order valence-electron chi connectivity index (χ0n) is 14.2. The van der Waals surface area contributed by atoms with Crippen LogP contribution in [0.25, 0.3) is 0 Å². The van der Waals surface area contributed by atoms with Crippen LogP contribution in [-0.4, -0.2) is 25.0 Å². The first-order chi connectivity index (χ1) is 12.9. The summed E-state index contributed by atoms with van der Waals surface area (Å²) >= 11 is 6.07. The first-order valence-electron chi connectivity index (χ1n) is 8.30. The molecule has 1 fully saturated rings. The van der Waals surface area contributed by atoms with E-state index in [1.807, 2.05) is 12.1 Å². The molecule has 2 amide bonds. The number of alkyl halides is 2. The molecule has 0 bridgehead atoms. The SMILES string of the molecule is O=C(NCc1ccccc1Cl)C1CC(=O)N(c2cccc(OC(F)F)c2)C1. The van der Waals surface area contributed by atoms with Gasteiger partial charge in [-0.1, -0.05) is 35.9 Å². The molecule has 5 nitrogen and oxygen atoms in total. The van der Waals surface area contributed by atoms with Crippen LogP contribution in [0.15, 0.2) is 48.5 Å². The maximum absolute atomic E-state index is 12.4. The predicted molar refractivity (Wildman–Crippen MR) is 96.8 cm³/mol. The molecule has 8 heteroatoms. The van der Waals surface area contributed by atoms with Gasteiger partial charge in [0, 0.05) is 36.3 Å². The van der Waals surface area contributed by atoms with Crippen LogP contribution in [0.4, 0.5) is 14.5 Å². The fourth-order valence-electron chi connectivity index (χ4n) is 2.93. The van der Waals surface area contributed by atoms with E-state index < -0.39 is 12.5 Å². The molecule has 1 N–H and O–H groups in total. The number of anilines is 1. The van der Waals surface area contributed by atoms with Crippen LogP contribution in [0.5, 0.6) is 5.75 Å². The van der Waals surface area contributed by atoms with E-state index >= 15 is 0 Å². The number of nitrogens with zero attached hydrogens (tertiary/aromatic N) is 1. The first-order valence-corrected chi connectivity index (χ1v) is 8.68. The average molecular weight is 395 g/mol. The summed E-state index contributed by atoms with van der Waals surface area (Å²) in [7, 11) is 0. The second kappa shape index (κ2) is 8.35. The monoisotopic (exact) mass is 394 g/mol. The Bertz CT molecular complexity index is 847. The molecule has 2 aromatic carbocycles. The maximum atomic E-state index is 12.4. The number of halogens is 3. The molecule has 2 aromatic rings. The van der Waals surface area contributed by atoms with Crippen LogP contribution in [-0.2, 0) is 16.1 Å². The summed E-state index contributed by atoms with van der Waals surface area (Å²) in [6.07, 6.45) is 0.0499. The molecule has 0 spiro atoms. The van der Waals surface area contributed by atoms with Gasteiger partial charge in [0.05, 0.1) is 5.92 Å². The first kappa shape index (κ1) is 19.1. The molecule has 0 saturated carbocycles. The summed E-state index contributed by atoms with van der Waals surface area (Å²) in [6.45, 7) is -2.51. The topological polar surface area (TPSA) is 58.6 Å². The maximum Gasteiger partial charge on any atom is 0.387 e. The van der Waals surface area contributed by atoms with Crippen molar-refractivity contribution in [3.8, 4) is 5.75 Å². The molecule has 1 aliphatic heterocycles. The zero-order valence-corrected chi connectivity index (χ0v) is 15.0. The highest BCUT2D eigenvalue weighted by molar-refractivity contribution is 6.31. The van der Waals surface area contributed by atoms with Crippen molar-refractivity contribution in [2.45, 2.75) is 19.6 Å². The molecule has 142 valence electrons. The number of benzene rings is 2. The third kappa shape index (κ3) is 4.74. The van der Waals surface area contributed by atoms with Crippen molar-refractivity contribution in [1.29, 1.82) is 0 Å². The molecular formula is C19H17ClF2N2O3. The molecule has 1 saturated heterocycles. The summed E-state index contributed by atoms with van der Waals surface area (Å²) in [5, 5.41) is 3.34. The van der Waals surface area contributed by atoms with Crippen molar-refractivity contribution in [1.82, 2.24) is 5.32 Å². The second-order valence-corrected chi connectivity index (χ2v) is 6.50. The molecule has 27 heavy (non-hydrogen) atoms. The molecule has 1 aliphatic rings. The lowest BCUT2D eigenvalue weighted by Crippen LogP contribution is -2.32. The Morgan fingerprint density at radius 3 is 2.78 bits per heavy atom. The van der Waals surface area contributed by atoms with Crippen LogP contribution in [0.1, 0.15) is 12.0 Å². The van der Waals surface area contributed by atoms with Crippen LogP contribution >= 0.6 is 11.6 Å². The molecule has 1 atom stereocenters. The smallest absolute Gasteiger partial charge is 0.387 e. The Kier molecular flexibility index (Phi) is 5.91. The minimum absolute atomic E-state index is 0.0399. The van der Waals surface area contributed by atoms with Gasteiger partial charge in [0.1, 0.15) is 5.75 Å². The minimum Gasteiger partial charge on any atom is -0.435 e. The summed E-state index contributed by atoms with van der Waals surface area (Å²) in [5.41, 5.74) is 1.20. The van der Waals surface area contributed by atoms with Gasteiger partial charge in [-0.15, -0.1) is 0 Å². The van der Waals surface area contributed by atoms with Crippen molar-refractivity contribution >= 4 is 29.1 Å². The van der Waals surface area contributed by atoms with Crippen molar-refractivity contribution in [3.05, 3.63) is 59.1 Å². The fourth-order valence-corrected chi connectivity index (χ4v) is 3.13. The highest BCUT2D eigenvalue weighted by atomic mass is 35.5. The second-order valence-electron chi connectivity index (χ2n) is 6.09. The van der Waals surface area contributed by atoms with E-state index in [0.29, 0.717) is 10.7 Å². The van der Waals surface area contributed by atoms with E-state index in [4.69, 9.17) is 11.6 Å². The number of hydrogen-bond donors (Lipinski definition) is 1. The van der Waals surface area contributed by atoms with E-state index in [9.17, 15) is 18.4 Å². The lowest BCUT2D eigenvalue weighted by Gasteiger charge is -2.18. The molecule has 0 aromatic heterocycles. The molecule has 3 rings (SSSR count). The van der Waals surface area contributed by atoms with Crippen molar-refractivity contribution in [3.63, 3.8) is 0 Å². The van der Waals surface area contributed by atoms with Crippen molar-refractivity contribution in [2.75, 3.05) is 11.4 Å². The lowest BCUT2D eigenvalue weighted by molar-refractivity contribution is -0.126. The molecule has 0 radical (unpaired) electrons. The number of amides is 2. The quantitative estimate of drug-likeness (QED) is 0.814.